The molecule has 0 spiro atoms. The van der Waals surface area contributed by atoms with Gasteiger partial charge in [0.2, 0.25) is 0 Å². The molecule has 1 fully saturated rings. The van der Waals surface area contributed by atoms with Crippen molar-refractivity contribution in [2.24, 2.45) is 0 Å². The van der Waals surface area contributed by atoms with Crippen molar-refractivity contribution >= 4 is 0 Å². The van der Waals surface area contributed by atoms with Gasteiger partial charge in [0.05, 0.1) is 5.60 Å². The number of rotatable bonds is 2. The molecule has 2 rings (SSSR count). The molecule has 1 aliphatic rings. The molecule has 1 atom stereocenters. The molecule has 1 saturated heterocycles. The SMILES string of the molecule is Oc1ccc(CC2(O)CCCNC2)c(F)c1. The summed E-state index contributed by atoms with van der Waals surface area (Å²) >= 11 is 0. The van der Waals surface area contributed by atoms with Crippen LogP contribution >= 0.6 is 0 Å². The number of aromatic hydroxyl groups is 1. The highest BCUT2D eigenvalue weighted by atomic mass is 19.1. The quantitative estimate of drug-likeness (QED) is 0.708. The van der Waals surface area contributed by atoms with Gasteiger partial charge in [0.25, 0.3) is 0 Å². The van der Waals surface area contributed by atoms with Crippen molar-refractivity contribution in [3.8, 4) is 5.75 Å². The predicted octanol–water partition coefficient (Wildman–Crippen LogP) is 1.19. The first-order valence-corrected chi connectivity index (χ1v) is 5.50. The fraction of sp³-hybridized carbons (Fsp3) is 0.500. The molecule has 1 aliphatic heterocycles. The van der Waals surface area contributed by atoms with Crippen LogP contribution in [0.2, 0.25) is 0 Å². The van der Waals surface area contributed by atoms with Crippen LogP contribution in [0, 0.1) is 5.82 Å². The zero-order valence-electron chi connectivity index (χ0n) is 9.04. The molecule has 0 bridgehead atoms. The third-order valence-electron chi connectivity index (χ3n) is 3.01. The molecule has 4 heteroatoms. The minimum Gasteiger partial charge on any atom is -0.508 e. The molecule has 0 aromatic heterocycles. The molecule has 0 amide bonds. The highest BCUT2D eigenvalue weighted by molar-refractivity contribution is 5.28. The monoisotopic (exact) mass is 225 g/mol. The molecule has 3 N–H and O–H groups in total. The molecule has 16 heavy (non-hydrogen) atoms. The highest BCUT2D eigenvalue weighted by Gasteiger charge is 2.30. The van der Waals surface area contributed by atoms with E-state index in [9.17, 15) is 9.50 Å². The van der Waals surface area contributed by atoms with Crippen molar-refractivity contribution in [1.29, 1.82) is 0 Å². The van der Waals surface area contributed by atoms with E-state index < -0.39 is 11.4 Å². The number of phenols is 1. The van der Waals surface area contributed by atoms with Crippen LogP contribution in [-0.4, -0.2) is 28.9 Å². The zero-order chi connectivity index (χ0) is 11.6. The number of hydrogen-bond donors (Lipinski definition) is 3. The number of aliphatic hydroxyl groups is 1. The van der Waals surface area contributed by atoms with Crippen LogP contribution in [0.4, 0.5) is 4.39 Å². The summed E-state index contributed by atoms with van der Waals surface area (Å²) in [7, 11) is 0. The molecule has 1 aromatic rings. The van der Waals surface area contributed by atoms with E-state index in [-0.39, 0.29) is 12.2 Å². The number of nitrogens with one attached hydrogen (secondary N) is 1. The normalized spacial score (nSPS) is 25.6. The van der Waals surface area contributed by atoms with Crippen molar-refractivity contribution in [3.63, 3.8) is 0 Å². The summed E-state index contributed by atoms with van der Waals surface area (Å²) in [5.41, 5.74) is -0.417. The van der Waals surface area contributed by atoms with Crippen molar-refractivity contribution in [2.75, 3.05) is 13.1 Å². The van der Waals surface area contributed by atoms with E-state index in [1.807, 2.05) is 0 Å². The zero-order valence-corrected chi connectivity index (χ0v) is 9.04. The molecule has 1 unspecified atom stereocenters. The molecule has 0 saturated carbocycles. The Morgan fingerprint density at radius 3 is 2.88 bits per heavy atom. The van der Waals surface area contributed by atoms with Gasteiger partial charge in [-0.1, -0.05) is 6.07 Å². The summed E-state index contributed by atoms with van der Waals surface area (Å²) < 4.78 is 13.5. The van der Waals surface area contributed by atoms with E-state index in [2.05, 4.69) is 5.32 Å². The summed E-state index contributed by atoms with van der Waals surface area (Å²) in [6, 6.07) is 4.05. The third-order valence-corrected chi connectivity index (χ3v) is 3.01. The summed E-state index contributed by atoms with van der Waals surface area (Å²) in [4.78, 5) is 0. The van der Waals surface area contributed by atoms with E-state index in [0.29, 0.717) is 18.5 Å². The number of benzene rings is 1. The van der Waals surface area contributed by atoms with Crippen LogP contribution in [0.3, 0.4) is 0 Å². The number of piperidine rings is 1. The number of phenolic OH excluding ortho intramolecular Hbond substituents is 1. The molecule has 0 radical (unpaired) electrons. The Morgan fingerprint density at radius 1 is 1.44 bits per heavy atom. The lowest BCUT2D eigenvalue weighted by Gasteiger charge is -2.32. The maximum absolute atomic E-state index is 13.5. The molecule has 1 aromatic carbocycles. The van der Waals surface area contributed by atoms with Gasteiger partial charge in [-0.15, -0.1) is 0 Å². The fourth-order valence-electron chi connectivity index (χ4n) is 2.14. The first-order valence-electron chi connectivity index (χ1n) is 5.50. The van der Waals surface area contributed by atoms with Gasteiger partial charge in [-0.3, -0.25) is 0 Å². The molecule has 1 heterocycles. The minimum absolute atomic E-state index is 0.0880. The maximum Gasteiger partial charge on any atom is 0.130 e. The lowest BCUT2D eigenvalue weighted by Crippen LogP contribution is -2.47. The Hall–Kier alpha value is -1.13. The lowest BCUT2D eigenvalue weighted by atomic mass is 9.87. The van der Waals surface area contributed by atoms with E-state index in [4.69, 9.17) is 5.11 Å². The van der Waals surface area contributed by atoms with Gasteiger partial charge in [0, 0.05) is 19.0 Å². The topological polar surface area (TPSA) is 52.5 Å². The molecular formula is C12H16FNO2. The minimum atomic E-state index is -0.865. The third kappa shape index (κ3) is 2.51. The Morgan fingerprint density at radius 2 is 2.25 bits per heavy atom. The Bertz CT molecular complexity index is 375. The van der Waals surface area contributed by atoms with Gasteiger partial charge in [0.1, 0.15) is 11.6 Å². The van der Waals surface area contributed by atoms with Gasteiger partial charge < -0.3 is 15.5 Å². The van der Waals surface area contributed by atoms with E-state index in [1.54, 1.807) is 0 Å². The first-order chi connectivity index (χ1) is 7.59. The fourth-order valence-corrected chi connectivity index (χ4v) is 2.14. The molecular weight excluding hydrogens is 209 g/mol. The summed E-state index contributed by atoms with van der Waals surface area (Å²) in [6.07, 6.45) is 1.86. The van der Waals surface area contributed by atoms with Crippen LogP contribution in [0.1, 0.15) is 18.4 Å². The summed E-state index contributed by atoms with van der Waals surface area (Å²) in [5.74, 6) is -0.547. The maximum atomic E-state index is 13.5. The highest BCUT2D eigenvalue weighted by Crippen LogP contribution is 2.24. The van der Waals surface area contributed by atoms with Crippen molar-refractivity contribution in [1.82, 2.24) is 5.32 Å². The second-order valence-corrected chi connectivity index (χ2v) is 4.46. The second kappa shape index (κ2) is 4.39. The van der Waals surface area contributed by atoms with Gasteiger partial charge >= 0.3 is 0 Å². The first kappa shape index (κ1) is 11.4. The van der Waals surface area contributed by atoms with Crippen LogP contribution in [-0.2, 0) is 6.42 Å². The smallest absolute Gasteiger partial charge is 0.130 e. The number of hydrogen-bond acceptors (Lipinski definition) is 3. The average Bonchev–Trinajstić information content (AvgIpc) is 2.23. The van der Waals surface area contributed by atoms with Crippen molar-refractivity contribution < 1.29 is 14.6 Å². The standard InChI is InChI=1S/C12H16FNO2/c13-11-6-10(15)3-2-9(11)7-12(16)4-1-5-14-8-12/h2-3,6,14-16H,1,4-5,7-8H2. The van der Waals surface area contributed by atoms with Gasteiger partial charge in [-0.2, -0.15) is 0 Å². The molecule has 88 valence electrons. The van der Waals surface area contributed by atoms with Crippen LogP contribution < -0.4 is 5.32 Å². The Balaban J connectivity index is 2.13. The predicted molar refractivity (Wildman–Crippen MR) is 58.8 cm³/mol. The van der Waals surface area contributed by atoms with Crippen molar-refractivity contribution in [2.45, 2.75) is 24.9 Å². The van der Waals surface area contributed by atoms with Gasteiger partial charge in [0.15, 0.2) is 0 Å². The van der Waals surface area contributed by atoms with Gasteiger partial charge in [-0.25, -0.2) is 4.39 Å². The molecule has 0 aliphatic carbocycles. The number of β-amino-alcohol motifs (C(OH)–C–C–N with tert-alkyl or cyclic N) is 1. The van der Waals surface area contributed by atoms with Crippen LogP contribution in [0.5, 0.6) is 5.75 Å². The molecule has 3 nitrogen and oxygen atoms in total. The van der Waals surface area contributed by atoms with E-state index in [0.717, 1.165) is 19.0 Å². The largest absolute Gasteiger partial charge is 0.508 e. The van der Waals surface area contributed by atoms with Crippen molar-refractivity contribution in [3.05, 3.63) is 29.6 Å². The van der Waals surface area contributed by atoms with E-state index >= 15 is 0 Å². The second-order valence-electron chi connectivity index (χ2n) is 4.46. The van der Waals surface area contributed by atoms with Gasteiger partial charge in [-0.05, 0) is 31.0 Å². The lowest BCUT2D eigenvalue weighted by molar-refractivity contribution is 0.0162. The van der Waals surface area contributed by atoms with E-state index in [1.165, 1.54) is 12.1 Å². The Labute approximate surface area is 93.9 Å². The average molecular weight is 225 g/mol. The van der Waals surface area contributed by atoms with Crippen LogP contribution in [0.25, 0.3) is 0 Å². The number of halogens is 1. The summed E-state index contributed by atoms with van der Waals surface area (Å²) in [6.45, 7) is 1.40. The van der Waals surface area contributed by atoms with Crippen LogP contribution in [0.15, 0.2) is 18.2 Å². The Kier molecular flexibility index (Phi) is 3.12. The summed E-state index contributed by atoms with van der Waals surface area (Å²) in [5, 5.41) is 22.4.